The molecule has 0 aliphatic carbocycles. The zero-order chi connectivity index (χ0) is 19.4. The Morgan fingerprint density at radius 1 is 1.22 bits per heavy atom. The summed E-state index contributed by atoms with van der Waals surface area (Å²) in [4.78, 5) is 12.8. The van der Waals surface area contributed by atoms with Crippen LogP contribution in [0.2, 0.25) is 0 Å². The molecule has 0 saturated heterocycles. The minimum Gasteiger partial charge on any atom is -0.492 e. The molecule has 2 aromatic carbocycles. The number of anilines is 1. The Hall–Kier alpha value is -2.40. The van der Waals surface area contributed by atoms with Crippen LogP contribution in [0.3, 0.4) is 0 Å². The van der Waals surface area contributed by atoms with Gasteiger partial charge in [-0.2, -0.15) is 10.1 Å². The lowest BCUT2D eigenvalue weighted by atomic mass is 10.1. The molecular weight excluding hydrogens is 404 g/mol. The molecule has 2 aromatic rings. The van der Waals surface area contributed by atoms with Crippen molar-refractivity contribution in [3.8, 4) is 5.75 Å². The SMILES string of the molecule is CC[C@@H](C)COc1ccc(/C=C2\C(=O)N(c3ccccc3)N=C2C)cc1Br. The largest absolute Gasteiger partial charge is 0.492 e. The first-order chi connectivity index (χ1) is 13.0. The monoisotopic (exact) mass is 426 g/mol. The van der Waals surface area contributed by atoms with Crippen molar-refractivity contribution in [3.05, 3.63) is 64.1 Å². The fraction of sp³-hybridized carbons (Fsp3) is 0.273. The predicted molar refractivity (Wildman–Crippen MR) is 114 cm³/mol. The van der Waals surface area contributed by atoms with Gasteiger partial charge >= 0.3 is 0 Å². The van der Waals surface area contributed by atoms with Crippen LogP contribution in [-0.2, 0) is 4.79 Å². The third-order valence-electron chi connectivity index (χ3n) is 4.55. The smallest absolute Gasteiger partial charge is 0.280 e. The van der Waals surface area contributed by atoms with Crippen LogP contribution in [0.15, 0.2) is 63.7 Å². The minimum absolute atomic E-state index is 0.119. The summed E-state index contributed by atoms with van der Waals surface area (Å²) in [6.07, 6.45) is 2.95. The molecule has 0 spiro atoms. The van der Waals surface area contributed by atoms with Crippen LogP contribution in [0.5, 0.6) is 5.75 Å². The van der Waals surface area contributed by atoms with Crippen molar-refractivity contribution in [2.45, 2.75) is 27.2 Å². The molecule has 0 aromatic heterocycles. The summed E-state index contributed by atoms with van der Waals surface area (Å²) in [5, 5.41) is 5.86. The van der Waals surface area contributed by atoms with E-state index in [1.165, 1.54) is 5.01 Å². The minimum atomic E-state index is -0.119. The predicted octanol–water partition coefficient (Wildman–Crippen LogP) is 5.68. The normalized spacial score (nSPS) is 16.6. The maximum atomic E-state index is 12.8. The van der Waals surface area contributed by atoms with Crippen LogP contribution >= 0.6 is 15.9 Å². The van der Waals surface area contributed by atoms with E-state index in [1.807, 2.05) is 61.5 Å². The van der Waals surface area contributed by atoms with E-state index in [-0.39, 0.29) is 5.91 Å². The van der Waals surface area contributed by atoms with Gasteiger partial charge in [-0.1, -0.05) is 44.5 Å². The highest BCUT2D eigenvalue weighted by molar-refractivity contribution is 9.10. The molecule has 0 unspecified atom stereocenters. The number of hydrogen-bond donors (Lipinski definition) is 0. The van der Waals surface area contributed by atoms with Gasteiger partial charge in [0.15, 0.2) is 0 Å². The molecule has 5 heteroatoms. The average molecular weight is 427 g/mol. The maximum absolute atomic E-state index is 12.8. The van der Waals surface area contributed by atoms with Gasteiger partial charge in [0, 0.05) is 0 Å². The number of nitrogens with zero attached hydrogens (tertiary/aromatic N) is 2. The number of amides is 1. The van der Waals surface area contributed by atoms with Crippen molar-refractivity contribution in [3.63, 3.8) is 0 Å². The molecule has 1 aliphatic rings. The first-order valence-corrected chi connectivity index (χ1v) is 9.88. The van der Waals surface area contributed by atoms with E-state index in [2.05, 4.69) is 34.9 Å². The highest BCUT2D eigenvalue weighted by atomic mass is 79.9. The number of carbonyl (C=O) groups excluding carboxylic acids is 1. The fourth-order valence-corrected chi connectivity index (χ4v) is 3.18. The zero-order valence-corrected chi connectivity index (χ0v) is 17.4. The van der Waals surface area contributed by atoms with Gasteiger partial charge in [-0.05, 0) is 64.7 Å². The first kappa shape index (κ1) is 19.4. The second-order valence-electron chi connectivity index (χ2n) is 6.71. The van der Waals surface area contributed by atoms with Gasteiger partial charge in [-0.25, -0.2) is 0 Å². The average Bonchev–Trinajstić information content (AvgIpc) is 2.96. The lowest BCUT2D eigenvalue weighted by Gasteiger charge is -2.13. The molecule has 27 heavy (non-hydrogen) atoms. The Kier molecular flexibility index (Phi) is 6.11. The topological polar surface area (TPSA) is 41.9 Å². The molecule has 140 valence electrons. The lowest BCUT2D eigenvalue weighted by molar-refractivity contribution is -0.114. The maximum Gasteiger partial charge on any atom is 0.280 e. The second-order valence-corrected chi connectivity index (χ2v) is 7.56. The molecule has 3 rings (SSSR count). The van der Waals surface area contributed by atoms with Crippen LogP contribution in [0.25, 0.3) is 6.08 Å². The van der Waals surface area contributed by atoms with Crippen LogP contribution in [0, 0.1) is 5.92 Å². The van der Waals surface area contributed by atoms with Crippen LogP contribution in [0.4, 0.5) is 5.69 Å². The van der Waals surface area contributed by atoms with Crippen molar-refractivity contribution in [2.75, 3.05) is 11.6 Å². The summed E-state index contributed by atoms with van der Waals surface area (Å²) in [5.41, 5.74) is 2.99. The zero-order valence-electron chi connectivity index (χ0n) is 15.8. The summed E-state index contributed by atoms with van der Waals surface area (Å²) < 4.78 is 6.74. The quantitative estimate of drug-likeness (QED) is 0.557. The van der Waals surface area contributed by atoms with Gasteiger partial charge in [-0.3, -0.25) is 4.79 Å². The molecule has 1 heterocycles. The molecule has 0 fully saturated rings. The van der Waals surface area contributed by atoms with E-state index >= 15 is 0 Å². The third-order valence-corrected chi connectivity index (χ3v) is 5.17. The van der Waals surface area contributed by atoms with Crippen LogP contribution < -0.4 is 9.75 Å². The van der Waals surface area contributed by atoms with Gasteiger partial charge in [0.05, 0.1) is 28.1 Å². The molecule has 1 atom stereocenters. The molecule has 0 radical (unpaired) electrons. The molecule has 0 saturated carbocycles. The van der Waals surface area contributed by atoms with Crippen molar-refractivity contribution >= 4 is 39.3 Å². The summed E-state index contributed by atoms with van der Waals surface area (Å²) in [7, 11) is 0. The van der Waals surface area contributed by atoms with Crippen LogP contribution in [-0.4, -0.2) is 18.2 Å². The van der Waals surface area contributed by atoms with Crippen molar-refractivity contribution in [1.29, 1.82) is 0 Å². The first-order valence-electron chi connectivity index (χ1n) is 9.08. The molecular formula is C22H23BrN2O2. The number of hydrazone groups is 1. The number of benzene rings is 2. The lowest BCUT2D eigenvalue weighted by Crippen LogP contribution is -2.21. The summed E-state index contributed by atoms with van der Waals surface area (Å²) in [6, 6.07) is 15.3. The Labute approximate surface area is 168 Å². The summed E-state index contributed by atoms with van der Waals surface area (Å²) in [6.45, 7) is 6.86. The molecule has 1 amide bonds. The van der Waals surface area contributed by atoms with Crippen molar-refractivity contribution in [1.82, 2.24) is 0 Å². The molecule has 4 nitrogen and oxygen atoms in total. The number of rotatable bonds is 6. The number of halogens is 1. The summed E-state index contributed by atoms with van der Waals surface area (Å²) in [5.74, 6) is 1.20. The van der Waals surface area contributed by atoms with Gasteiger partial charge in [0.2, 0.25) is 0 Å². The van der Waals surface area contributed by atoms with Crippen molar-refractivity contribution in [2.24, 2.45) is 11.0 Å². The van der Waals surface area contributed by atoms with E-state index in [0.29, 0.717) is 23.8 Å². The highest BCUT2D eigenvalue weighted by Gasteiger charge is 2.28. The van der Waals surface area contributed by atoms with E-state index in [1.54, 1.807) is 0 Å². The Balaban J connectivity index is 1.79. The van der Waals surface area contributed by atoms with Gasteiger partial charge < -0.3 is 4.74 Å². The van der Waals surface area contributed by atoms with E-state index in [0.717, 1.165) is 27.9 Å². The van der Waals surface area contributed by atoms with Gasteiger partial charge in [-0.15, -0.1) is 0 Å². The number of hydrogen-bond acceptors (Lipinski definition) is 3. The molecule has 0 bridgehead atoms. The Bertz CT molecular complexity index is 890. The van der Waals surface area contributed by atoms with E-state index in [9.17, 15) is 4.79 Å². The summed E-state index contributed by atoms with van der Waals surface area (Å²) >= 11 is 3.57. The number of para-hydroxylation sites is 1. The van der Waals surface area contributed by atoms with Crippen LogP contribution in [0.1, 0.15) is 32.8 Å². The second kappa shape index (κ2) is 8.53. The van der Waals surface area contributed by atoms with E-state index < -0.39 is 0 Å². The number of ether oxygens (including phenoxy) is 1. The molecule has 0 N–H and O–H groups in total. The highest BCUT2D eigenvalue weighted by Crippen LogP contribution is 2.29. The Morgan fingerprint density at radius 3 is 2.63 bits per heavy atom. The number of carbonyl (C=O) groups is 1. The van der Waals surface area contributed by atoms with Crippen molar-refractivity contribution < 1.29 is 9.53 Å². The molecule has 1 aliphatic heterocycles. The van der Waals surface area contributed by atoms with Gasteiger partial charge in [0.25, 0.3) is 5.91 Å². The standard InChI is InChI=1S/C22H23BrN2O2/c1-4-15(2)14-27-21-11-10-17(13-20(21)23)12-19-16(3)24-25(22(19)26)18-8-6-5-7-9-18/h5-13,15H,4,14H2,1-3H3/b19-12-/t15-/m1/s1. The van der Waals surface area contributed by atoms with E-state index in [4.69, 9.17) is 4.74 Å². The third kappa shape index (κ3) is 4.48. The fourth-order valence-electron chi connectivity index (χ4n) is 2.67. The Morgan fingerprint density at radius 2 is 1.96 bits per heavy atom. The van der Waals surface area contributed by atoms with Gasteiger partial charge in [0.1, 0.15) is 5.75 Å².